The van der Waals surface area contributed by atoms with Crippen molar-refractivity contribution in [2.75, 3.05) is 33.2 Å². The molecule has 0 aromatic carbocycles. The number of carbonyl (C=O) groups is 6. The van der Waals surface area contributed by atoms with Gasteiger partial charge in [-0.2, -0.15) is 0 Å². The highest BCUT2D eigenvalue weighted by Gasteiger charge is 2.59. The summed E-state index contributed by atoms with van der Waals surface area (Å²) in [4.78, 5) is 87.1. The number of piperazine rings is 1. The first-order chi connectivity index (χ1) is 23.5. The molecule has 2 heterocycles. The molecule has 3 unspecified atom stereocenters. The van der Waals surface area contributed by atoms with Crippen molar-refractivity contribution in [1.29, 1.82) is 0 Å². The van der Waals surface area contributed by atoms with Crippen LogP contribution in [0.5, 0.6) is 0 Å². The number of hydrogen-bond donors (Lipinski definition) is 4. The Morgan fingerprint density at radius 1 is 0.863 bits per heavy atom. The number of likely N-dealkylation sites (N-methyl/N-ethyl adjacent to an activating group) is 1. The van der Waals surface area contributed by atoms with Crippen molar-refractivity contribution in [3.05, 3.63) is 0 Å². The molecule has 6 amide bonds. The van der Waals surface area contributed by atoms with E-state index in [1.165, 1.54) is 0 Å². The number of urea groups is 1. The molecular formula is C38H65N7O6. The van der Waals surface area contributed by atoms with Gasteiger partial charge < -0.3 is 36.4 Å². The number of nitrogens with one attached hydrogen (secondary N) is 3. The van der Waals surface area contributed by atoms with Gasteiger partial charge in [0.15, 0.2) is 0 Å². The Morgan fingerprint density at radius 2 is 1.51 bits per heavy atom. The lowest BCUT2D eigenvalue weighted by Crippen LogP contribution is -2.65. The Hall–Kier alpha value is -3.22. The second-order valence-corrected chi connectivity index (χ2v) is 18.7. The van der Waals surface area contributed by atoms with E-state index < -0.39 is 64.7 Å². The molecule has 0 bridgehead atoms. The fourth-order valence-corrected chi connectivity index (χ4v) is 8.94. The lowest BCUT2D eigenvalue weighted by Gasteiger charge is -2.47. The van der Waals surface area contributed by atoms with Gasteiger partial charge in [0.25, 0.3) is 5.91 Å². The number of likely N-dealkylation sites (tertiary alicyclic amines) is 1. The van der Waals surface area contributed by atoms with E-state index in [0.29, 0.717) is 32.5 Å². The normalized spacial score (nSPS) is 26.7. The SMILES string of the molecule is CC(C)[C@H](NC(=O)NC(C(=O)N1CC2(CCCC2(C)C)C[C@H]1C(=O)NC(CC1CCC1)C(=O)C(N)=O)C(C)(C)C)C(=O)N1CCN(C)CC1(C)C. The number of ketones is 1. The van der Waals surface area contributed by atoms with Crippen LogP contribution < -0.4 is 21.7 Å². The first kappa shape index (κ1) is 40.5. The lowest BCUT2D eigenvalue weighted by molar-refractivity contribution is -0.143. The van der Waals surface area contributed by atoms with Gasteiger partial charge in [-0.1, -0.05) is 74.1 Å². The third-order valence-corrected chi connectivity index (χ3v) is 12.5. The highest BCUT2D eigenvalue weighted by atomic mass is 16.2. The van der Waals surface area contributed by atoms with Crippen molar-refractivity contribution in [2.24, 2.45) is 33.8 Å². The maximum atomic E-state index is 14.8. The van der Waals surface area contributed by atoms with Crippen LogP contribution in [0.3, 0.4) is 0 Å². The standard InChI is InChI=1S/C38H65N7O6/c1-23(2)27(32(49)45-18-17-43(10)21-37(45,8)9)41-34(51)42-29(35(3,4)5)33(50)44-22-38(16-12-15-36(38,6)7)20-26(44)31(48)40-25(28(46)30(39)47)19-24-13-11-14-24/h23-27,29H,11-22H2,1-10H3,(H2,39,47)(H,40,48)(H2,41,42,51)/t25?,26-,27-,29?,38?/m0/s1. The summed E-state index contributed by atoms with van der Waals surface area (Å²) in [5, 5.41) is 8.65. The van der Waals surface area contributed by atoms with Crippen LogP contribution in [-0.4, -0.2) is 113 Å². The number of rotatable bonds is 11. The smallest absolute Gasteiger partial charge is 0.316 e. The second-order valence-electron chi connectivity index (χ2n) is 18.7. The number of hydrogen-bond acceptors (Lipinski definition) is 7. The van der Waals surface area contributed by atoms with Gasteiger partial charge in [-0.05, 0) is 74.7 Å². The van der Waals surface area contributed by atoms with E-state index in [-0.39, 0.29) is 28.6 Å². The molecule has 2 aliphatic carbocycles. The van der Waals surface area contributed by atoms with Crippen LogP contribution in [0.25, 0.3) is 0 Å². The summed E-state index contributed by atoms with van der Waals surface area (Å²) in [6, 6.07) is -4.44. The molecule has 4 rings (SSSR count). The van der Waals surface area contributed by atoms with Crippen LogP contribution in [0.15, 0.2) is 0 Å². The molecule has 5 atom stereocenters. The Balaban J connectivity index is 1.59. The molecule has 2 aliphatic heterocycles. The monoisotopic (exact) mass is 715 g/mol. The highest BCUT2D eigenvalue weighted by Crippen LogP contribution is 2.59. The summed E-state index contributed by atoms with van der Waals surface area (Å²) in [5.41, 5.74) is 3.72. The zero-order valence-corrected chi connectivity index (χ0v) is 32.8. The maximum absolute atomic E-state index is 14.8. The van der Waals surface area contributed by atoms with Gasteiger partial charge in [0.1, 0.15) is 18.1 Å². The van der Waals surface area contributed by atoms with Gasteiger partial charge in [-0.15, -0.1) is 0 Å². The fraction of sp³-hybridized carbons (Fsp3) is 0.842. The van der Waals surface area contributed by atoms with Crippen LogP contribution >= 0.6 is 0 Å². The predicted molar refractivity (Wildman–Crippen MR) is 195 cm³/mol. The Labute approximate surface area is 304 Å². The summed E-state index contributed by atoms with van der Waals surface area (Å²) in [6.07, 6.45) is 6.37. The zero-order valence-electron chi connectivity index (χ0n) is 32.8. The minimum absolute atomic E-state index is 0.154. The number of nitrogens with two attached hydrogens (primary N) is 1. The largest absolute Gasteiger partial charge is 0.363 e. The molecule has 0 aromatic heterocycles. The van der Waals surface area contributed by atoms with Crippen LogP contribution in [-0.2, 0) is 24.0 Å². The van der Waals surface area contributed by atoms with Gasteiger partial charge in [-0.3, -0.25) is 24.0 Å². The predicted octanol–water partition coefficient (Wildman–Crippen LogP) is 2.80. The van der Waals surface area contributed by atoms with E-state index in [9.17, 15) is 28.8 Å². The fourth-order valence-electron chi connectivity index (χ4n) is 8.94. The molecule has 51 heavy (non-hydrogen) atoms. The molecule has 4 fully saturated rings. The van der Waals surface area contributed by atoms with E-state index in [0.717, 1.165) is 45.1 Å². The number of Topliss-reactive ketones (excluding diaryl/α,β-unsaturated/α-hetero) is 1. The van der Waals surface area contributed by atoms with Crippen molar-refractivity contribution in [1.82, 2.24) is 30.7 Å². The van der Waals surface area contributed by atoms with Gasteiger partial charge in [-0.25, -0.2) is 4.79 Å². The quantitative estimate of drug-likeness (QED) is 0.238. The molecule has 0 aromatic rings. The van der Waals surface area contributed by atoms with Crippen LogP contribution in [0, 0.1) is 28.1 Å². The second kappa shape index (κ2) is 15.0. The van der Waals surface area contributed by atoms with Gasteiger partial charge in [0.05, 0.1) is 11.6 Å². The van der Waals surface area contributed by atoms with Crippen molar-refractivity contribution in [2.45, 2.75) is 143 Å². The van der Waals surface area contributed by atoms with Crippen molar-refractivity contribution in [3.63, 3.8) is 0 Å². The molecule has 2 saturated heterocycles. The molecule has 0 radical (unpaired) electrons. The molecule has 2 saturated carbocycles. The van der Waals surface area contributed by atoms with E-state index in [4.69, 9.17) is 5.73 Å². The first-order valence-electron chi connectivity index (χ1n) is 19.0. The molecule has 288 valence electrons. The molecule has 4 aliphatic rings. The summed E-state index contributed by atoms with van der Waals surface area (Å²) in [7, 11) is 2.03. The van der Waals surface area contributed by atoms with E-state index in [2.05, 4.69) is 34.7 Å². The first-order valence-corrected chi connectivity index (χ1v) is 19.0. The van der Waals surface area contributed by atoms with Crippen LogP contribution in [0.1, 0.15) is 114 Å². The minimum atomic E-state index is -1.09. The van der Waals surface area contributed by atoms with Crippen molar-refractivity contribution in [3.8, 4) is 0 Å². The van der Waals surface area contributed by atoms with E-state index in [1.807, 2.05) is 60.4 Å². The maximum Gasteiger partial charge on any atom is 0.316 e. The van der Waals surface area contributed by atoms with E-state index in [1.54, 1.807) is 4.90 Å². The lowest BCUT2D eigenvalue weighted by atomic mass is 9.66. The summed E-state index contributed by atoms with van der Waals surface area (Å²) < 4.78 is 0. The topological polar surface area (TPSA) is 174 Å². The average Bonchev–Trinajstić information content (AvgIpc) is 3.52. The highest BCUT2D eigenvalue weighted by molar-refractivity contribution is 6.37. The minimum Gasteiger partial charge on any atom is -0.363 e. The van der Waals surface area contributed by atoms with Gasteiger partial charge in [0.2, 0.25) is 23.5 Å². The Bertz CT molecular complexity index is 1370. The molecular weight excluding hydrogens is 650 g/mol. The Kier molecular flexibility index (Phi) is 11.9. The molecule has 5 N–H and O–H groups in total. The number of primary amides is 1. The van der Waals surface area contributed by atoms with Crippen molar-refractivity contribution < 1.29 is 28.8 Å². The summed E-state index contributed by atoms with van der Waals surface area (Å²) in [6.45, 7) is 20.0. The Morgan fingerprint density at radius 3 is 2.00 bits per heavy atom. The number of amides is 6. The third kappa shape index (κ3) is 8.71. The zero-order chi connectivity index (χ0) is 38.3. The van der Waals surface area contributed by atoms with Crippen molar-refractivity contribution >= 4 is 35.4 Å². The summed E-state index contributed by atoms with van der Waals surface area (Å²) >= 11 is 0. The molecule has 13 nitrogen and oxygen atoms in total. The number of nitrogens with zero attached hydrogens (tertiary/aromatic N) is 3. The summed E-state index contributed by atoms with van der Waals surface area (Å²) in [5.74, 6) is -2.97. The van der Waals surface area contributed by atoms with Crippen LogP contribution in [0.4, 0.5) is 4.79 Å². The van der Waals surface area contributed by atoms with Gasteiger partial charge in [0, 0.05) is 26.2 Å². The van der Waals surface area contributed by atoms with Gasteiger partial charge >= 0.3 is 6.03 Å². The average molecular weight is 716 g/mol. The molecule has 13 heteroatoms. The number of carbonyl (C=O) groups excluding carboxylic acids is 6. The van der Waals surface area contributed by atoms with E-state index >= 15 is 0 Å². The molecule has 1 spiro atoms. The third-order valence-electron chi connectivity index (χ3n) is 12.5. The van der Waals surface area contributed by atoms with Crippen LogP contribution in [0.2, 0.25) is 0 Å².